The number of nitrogens with one attached hydrogen (secondary N) is 1. The summed E-state index contributed by atoms with van der Waals surface area (Å²) in [5.41, 5.74) is 7.37. The number of rotatable bonds is 2. The summed E-state index contributed by atoms with van der Waals surface area (Å²) in [4.78, 5) is 7.46. The summed E-state index contributed by atoms with van der Waals surface area (Å²) in [6.45, 7) is 1.94. The molecule has 0 saturated heterocycles. The third-order valence-corrected chi connectivity index (χ3v) is 2.03. The van der Waals surface area contributed by atoms with Crippen LogP contribution in [-0.4, -0.2) is 21.1 Å². The number of aromatic amines is 1. The van der Waals surface area contributed by atoms with E-state index in [4.69, 9.17) is 5.73 Å². The molecule has 4 heteroatoms. The van der Waals surface area contributed by atoms with Gasteiger partial charge in [-0.05, 0) is 19.1 Å². The van der Waals surface area contributed by atoms with Gasteiger partial charge in [-0.1, -0.05) is 0 Å². The van der Waals surface area contributed by atoms with Crippen molar-refractivity contribution in [1.29, 1.82) is 0 Å². The minimum absolute atomic E-state index is 0.0872. The standard InChI is InChI=1S/C10H13N3O/c1-6(11)4-10-12-8-3-2-7(14)5-9(8)13-10/h2-3,5-6,14H,4,11H2,1H3,(H,12,13). The van der Waals surface area contributed by atoms with Crippen LogP contribution in [0.3, 0.4) is 0 Å². The molecule has 1 aromatic heterocycles. The summed E-state index contributed by atoms with van der Waals surface area (Å²) in [5, 5.41) is 9.25. The Morgan fingerprint density at radius 1 is 1.57 bits per heavy atom. The monoisotopic (exact) mass is 191 g/mol. The van der Waals surface area contributed by atoms with Crippen molar-refractivity contribution >= 4 is 11.0 Å². The average molecular weight is 191 g/mol. The first kappa shape index (κ1) is 9.02. The molecule has 0 spiro atoms. The van der Waals surface area contributed by atoms with Crippen LogP contribution in [-0.2, 0) is 6.42 Å². The minimum Gasteiger partial charge on any atom is -0.508 e. The maximum absolute atomic E-state index is 9.25. The molecule has 0 bridgehead atoms. The largest absolute Gasteiger partial charge is 0.508 e. The number of phenolic OH excluding ortho intramolecular Hbond substituents is 1. The molecule has 0 aliphatic carbocycles. The number of nitrogens with zero attached hydrogens (tertiary/aromatic N) is 1. The van der Waals surface area contributed by atoms with E-state index in [-0.39, 0.29) is 11.8 Å². The van der Waals surface area contributed by atoms with Crippen molar-refractivity contribution < 1.29 is 5.11 Å². The molecule has 0 fully saturated rings. The van der Waals surface area contributed by atoms with Crippen molar-refractivity contribution in [2.45, 2.75) is 19.4 Å². The molecular formula is C10H13N3O. The average Bonchev–Trinajstić information content (AvgIpc) is 2.44. The Labute approximate surface area is 81.8 Å². The lowest BCUT2D eigenvalue weighted by molar-refractivity contribution is 0.476. The van der Waals surface area contributed by atoms with Crippen molar-refractivity contribution in [1.82, 2.24) is 9.97 Å². The van der Waals surface area contributed by atoms with Gasteiger partial charge in [0.1, 0.15) is 11.6 Å². The van der Waals surface area contributed by atoms with E-state index in [1.807, 2.05) is 6.92 Å². The van der Waals surface area contributed by atoms with Gasteiger partial charge in [0.15, 0.2) is 0 Å². The fraction of sp³-hybridized carbons (Fsp3) is 0.300. The molecule has 1 unspecified atom stereocenters. The fourth-order valence-electron chi connectivity index (χ4n) is 1.45. The van der Waals surface area contributed by atoms with Crippen LogP contribution < -0.4 is 5.73 Å². The Morgan fingerprint density at radius 2 is 2.36 bits per heavy atom. The summed E-state index contributed by atoms with van der Waals surface area (Å²) in [7, 11) is 0. The van der Waals surface area contributed by atoms with Crippen molar-refractivity contribution in [2.75, 3.05) is 0 Å². The Hall–Kier alpha value is -1.55. The normalized spacial score (nSPS) is 13.3. The van der Waals surface area contributed by atoms with Gasteiger partial charge in [0.05, 0.1) is 11.0 Å². The van der Waals surface area contributed by atoms with Crippen LogP contribution in [0.15, 0.2) is 18.2 Å². The van der Waals surface area contributed by atoms with Crippen LogP contribution in [0.1, 0.15) is 12.7 Å². The lowest BCUT2D eigenvalue weighted by Crippen LogP contribution is -2.18. The molecule has 2 aromatic rings. The molecule has 0 aliphatic rings. The maximum atomic E-state index is 9.25. The van der Waals surface area contributed by atoms with E-state index in [2.05, 4.69) is 9.97 Å². The van der Waals surface area contributed by atoms with Gasteiger partial charge in [-0.15, -0.1) is 0 Å². The minimum atomic E-state index is 0.0872. The number of phenols is 1. The molecule has 4 N–H and O–H groups in total. The van der Waals surface area contributed by atoms with E-state index in [0.29, 0.717) is 0 Å². The smallest absolute Gasteiger partial charge is 0.117 e. The van der Waals surface area contributed by atoms with Gasteiger partial charge in [-0.2, -0.15) is 0 Å². The lowest BCUT2D eigenvalue weighted by Gasteiger charge is -1.98. The molecule has 74 valence electrons. The highest BCUT2D eigenvalue weighted by Crippen LogP contribution is 2.17. The van der Waals surface area contributed by atoms with Crippen LogP contribution in [0.4, 0.5) is 0 Å². The number of benzene rings is 1. The topological polar surface area (TPSA) is 74.9 Å². The number of fused-ring (bicyclic) bond motifs is 1. The number of aromatic nitrogens is 2. The fourth-order valence-corrected chi connectivity index (χ4v) is 1.45. The molecule has 1 atom stereocenters. The quantitative estimate of drug-likeness (QED) is 0.666. The van der Waals surface area contributed by atoms with E-state index >= 15 is 0 Å². The molecule has 4 nitrogen and oxygen atoms in total. The highest BCUT2D eigenvalue weighted by Gasteiger charge is 2.04. The van der Waals surface area contributed by atoms with Crippen LogP contribution in [0, 0.1) is 0 Å². The molecule has 1 heterocycles. The summed E-state index contributed by atoms with van der Waals surface area (Å²) < 4.78 is 0. The van der Waals surface area contributed by atoms with Crippen molar-refractivity contribution in [3.05, 3.63) is 24.0 Å². The van der Waals surface area contributed by atoms with E-state index in [9.17, 15) is 5.11 Å². The van der Waals surface area contributed by atoms with Crippen molar-refractivity contribution in [3.63, 3.8) is 0 Å². The zero-order valence-corrected chi connectivity index (χ0v) is 7.99. The number of hydrogen-bond donors (Lipinski definition) is 3. The van der Waals surface area contributed by atoms with E-state index in [0.717, 1.165) is 23.3 Å². The summed E-state index contributed by atoms with van der Waals surface area (Å²) >= 11 is 0. The Morgan fingerprint density at radius 3 is 3.07 bits per heavy atom. The second-order valence-corrected chi connectivity index (χ2v) is 3.57. The summed E-state index contributed by atoms with van der Waals surface area (Å²) in [6, 6.07) is 5.15. The molecule has 0 radical (unpaired) electrons. The van der Waals surface area contributed by atoms with Gasteiger partial charge in [0.25, 0.3) is 0 Å². The van der Waals surface area contributed by atoms with Gasteiger partial charge in [0, 0.05) is 18.5 Å². The van der Waals surface area contributed by atoms with Crippen LogP contribution in [0.2, 0.25) is 0 Å². The molecule has 2 rings (SSSR count). The van der Waals surface area contributed by atoms with E-state index < -0.39 is 0 Å². The first-order chi connectivity index (χ1) is 6.65. The second kappa shape index (κ2) is 3.31. The van der Waals surface area contributed by atoms with Crippen LogP contribution in [0.5, 0.6) is 5.75 Å². The highest BCUT2D eigenvalue weighted by molar-refractivity contribution is 5.76. The third kappa shape index (κ3) is 1.70. The first-order valence-electron chi connectivity index (χ1n) is 4.58. The Kier molecular flexibility index (Phi) is 2.13. The van der Waals surface area contributed by atoms with E-state index in [1.54, 1.807) is 18.2 Å². The zero-order valence-electron chi connectivity index (χ0n) is 7.99. The molecule has 0 amide bonds. The molecule has 14 heavy (non-hydrogen) atoms. The molecule has 0 saturated carbocycles. The molecular weight excluding hydrogens is 178 g/mol. The third-order valence-electron chi connectivity index (χ3n) is 2.03. The van der Waals surface area contributed by atoms with Crippen molar-refractivity contribution in [2.24, 2.45) is 5.73 Å². The molecule has 0 aliphatic heterocycles. The van der Waals surface area contributed by atoms with Crippen LogP contribution >= 0.6 is 0 Å². The van der Waals surface area contributed by atoms with Gasteiger partial charge in [-0.25, -0.2) is 4.98 Å². The van der Waals surface area contributed by atoms with Gasteiger partial charge in [0.2, 0.25) is 0 Å². The number of hydrogen-bond acceptors (Lipinski definition) is 3. The SMILES string of the molecule is CC(N)Cc1nc2ccc(O)cc2[nH]1. The first-order valence-corrected chi connectivity index (χ1v) is 4.58. The number of aromatic hydroxyl groups is 1. The second-order valence-electron chi connectivity index (χ2n) is 3.57. The Bertz CT molecular complexity index is 448. The number of nitrogens with two attached hydrogens (primary N) is 1. The summed E-state index contributed by atoms with van der Waals surface area (Å²) in [6.07, 6.45) is 0.718. The predicted octanol–water partition coefficient (Wildman–Crippen LogP) is 1.16. The van der Waals surface area contributed by atoms with E-state index in [1.165, 1.54) is 0 Å². The van der Waals surface area contributed by atoms with Crippen LogP contribution in [0.25, 0.3) is 11.0 Å². The van der Waals surface area contributed by atoms with Gasteiger partial charge < -0.3 is 15.8 Å². The van der Waals surface area contributed by atoms with Crippen molar-refractivity contribution in [3.8, 4) is 5.75 Å². The lowest BCUT2D eigenvalue weighted by atomic mass is 10.2. The molecule has 1 aromatic carbocycles. The highest BCUT2D eigenvalue weighted by atomic mass is 16.3. The summed E-state index contributed by atoms with van der Waals surface area (Å²) in [5.74, 6) is 1.11. The van der Waals surface area contributed by atoms with Gasteiger partial charge >= 0.3 is 0 Å². The predicted molar refractivity (Wildman–Crippen MR) is 55.1 cm³/mol. The van der Waals surface area contributed by atoms with Gasteiger partial charge in [-0.3, -0.25) is 0 Å². The number of imidazole rings is 1. The maximum Gasteiger partial charge on any atom is 0.117 e. The number of H-pyrrole nitrogens is 1. The Balaban J connectivity index is 2.41. The zero-order chi connectivity index (χ0) is 10.1.